The Balaban J connectivity index is 2.07. The number of aliphatic carboxylic acids is 1. The van der Waals surface area contributed by atoms with Crippen molar-refractivity contribution in [1.82, 2.24) is 4.40 Å². The van der Waals surface area contributed by atoms with Crippen molar-refractivity contribution >= 4 is 33.1 Å². The van der Waals surface area contributed by atoms with Gasteiger partial charge >= 0.3 is 5.97 Å². The van der Waals surface area contributed by atoms with Gasteiger partial charge in [-0.1, -0.05) is 24.8 Å². The third kappa shape index (κ3) is 3.72. The molecule has 8 heteroatoms. The monoisotopic (exact) mass is 407 g/mol. The van der Waals surface area contributed by atoms with Crippen LogP contribution in [-0.4, -0.2) is 29.6 Å². The Morgan fingerprint density at radius 3 is 2.44 bits per heavy atom. The molecule has 142 valence electrons. The van der Waals surface area contributed by atoms with Gasteiger partial charge in [-0.05, 0) is 54.4 Å². The lowest BCUT2D eigenvalue weighted by Gasteiger charge is -2.07. The molecule has 0 saturated carbocycles. The highest BCUT2D eigenvalue weighted by molar-refractivity contribution is 7.99. The van der Waals surface area contributed by atoms with Gasteiger partial charge in [0.15, 0.2) is 15.8 Å². The number of rotatable bonds is 6. The highest BCUT2D eigenvalue weighted by Crippen LogP contribution is 2.36. The van der Waals surface area contributed by atoms with E-state index in [0.717, 1.165) is 4.90 Å². The maximum absolute atomic E-state index is 14.5. The zero-order valence-corrected chi connectivity index (χ0v) is 16.4. The molecule has 0 spiro atoms. The molecule has 0 fully saturated rings. The largest absolute Gasteiger partial charge is 0.481 e. The van der Waals surface area contributed by atoms with E-state index >= 15 is 0 Å². The van der Waals surface area contributed by atoms with Crippen molar-refractivity contribution in [3.05, 3.63) is 59.5 Å². The van der Waals surface area contributed by atoms with Gasteiger partial charge in [-0.3, -0.25) is 9.20 Å². The molecule has 0 aliphatic rings. The fourth-order valence-corrected chi connectivity index (χ4v) is 4.84. The summed E-state index contributed by atoms with van der Waals surface area (Å²) in [6.45, 7) is 3.35. The lowest BCUT2D eigenvalue weighted by molar-refractivity contribution is -0.136. The summed E-state index contributed by atoms with van der Waals surface area (Å²) in [6, 6.07) is 11.0. The van der Waals surface area contributed by atoms with E-state index in [1.54, 1.807) is 38.1 Å². The fraction of sp³-hybridized carbons (Fsp3) is 0.211. The Morgan fingerprint density at radius 1 is 1.19 bits per heavy atom. The predicted octanol–water partition coefficient (Wildman–Crippen LogP) is 3.96. The molecule has 27 heavy (non-hydrogen) atoms. The number of carbonyl (C=O) groups is 1. The van der Waals surface area contributed by atoms with Crippen molar-refractivity contribution in [3.63, 3.8) is 0 Å². The molecule has 1 N–H and O–H groups in total. The van der Waals surface area contributed by atoms with Gasteiger partial charge in [0.2, 0.25) is 0 Å². The van der Waals surface area contributed by atoms with E-state index in [9.17, 15) is 22.7 Å². The third-order valence-corrected chi connectivity index (χ3v) is 7.27. The van der Waals surface area contributed by atoms with Crippen LogP contribution in [0.3, 0.4) is 0 Å². The number of halogens is 1. The van der Waals surface area contributed by atoms with E-state index in [4.69, 9.17) is 0 Å². The van der Waals surface area contributed by atoms with Crippen LogP contribution in [0.4, 0.5) is 4.39 Å². The average Bonchev–Trinajstić information content (AvgIpc) is 2.88. The van der Waals surface area contributed by atoms with Crippen LogP contribution < -0.4 is 0 Å². The first-order valence-corrected chi connectivity index (χ1v) is 10.7. The number of sulfone groups is 1. The molecule has 0 aliphatic heterocycles. The highest BCUT2D eigenvalue weighted by Gasteiger charge is 2.20. The third-order valence-electron chi connectivity index (χ3n) is 4.33. The van der Waals surface area contributed by atoms with E-state index in [1.165, 1.54) is 34.4 Å². The molecular weight excluding hydrogens is 389 g/mol. The maximum Gasteiger partial charge on any atom is 0.307 e. The van der Waals surface area contributed by atoms with Gasteiger partial charge in [0.1, 0.15) is 0 Å². The minimum atomic E-state index is -3.29. The van der Waals surface area contributed by atoms with Crippen LogP contribution in [0.25, 0.3) is 5.52 Å². The molecule has 0 radical (unpaired) electrons. The van der Waals surface area contributed by atoms with Crippen molar-refractivity contribution in [3.8, 4) is 0 Å². The summed E-state index contributed by atoms with van der Waals surface area (Å²) < 4.78 is 39.7. The number of benzene rings is 1. The molecule has 5 nitrogen and oxygen atoms in total. The van der Waals surface area contributed by atoms with Crippen molar-refractivity contribution in [1.29, 1.82) is 0 Å². The van der Waals surface area contributed by atoms with E-state index < -0.39 is 21.8 Å². The lowest BCUT2D eigenvalue weighted by atomic mass is 10.1. The Kier molecular flexibility index (Phi) is 5.30. The van der Waals surface area contributed by atoms with E-state index in [0.29, 0.717) is 21.7 Å². The highest BCUT2D eigenvalue weighted by atomic mass is 32.2. The zero-order valence-electron chi connectivity index (χ0n) is 14.8. The Labute approximate surface area is 160 Å². The van der Waals surface area contributed by atoms with E-state index in [-0.39, 0.29) is 17.1 Å². The van der Waals surface area contributed by atoms with Gasteiger partial charge in [0.25, 0.3) is 0 Å². The predicted molar refractivity (Wildman–Crippen MR) is 102 cm³/mol. The second-order valence-corrected chi connectivity index (χ2v) is 9.37. The fourth-order valence-electron chi connectivity index (χ4n) is 2.90. The van der Waals surface area contributed by atoms with Gasteiger partial charge in [-0.15, -0.1) is 0 Å². The number of fused-ring (bicyclic) bond motifs is 1. The normalized spacial score (nSPS) is 11.8. The lowest BCUT2D eigenvalue weighted by Crippen LogP contribution is -2.03. The summed E-state index contributed by atoms with van der Waals surface area (Å²) in [4.78, 5) is 12.2. The Bertz CT molecular complexity index is 1120. The molecule has 3 rings (SSSR count). The minimum absolute atomic E-state index is 0.0195. The summed E-state index contributed by atoms with van der Waals surface area (Å²) in [6.07, 6.45) is -0.201. The SMILES string of the molecule is CCS(=O)(=O)c1ccc(Sc2c(C)c(CC(=O)O)c3cccc(F)n23)cc1. The molecule has 2 heterocycles. The first-order chi connectivity index (χ1) is 12.7. The number of carboxylic acids is 1. The average molecular weight is 407 g/mol. The zero-order chi connectivity index (χ0) is 19.8. The molecular formula is C19H18FNO4S2. The smallest absolute Gasteiger partial charge is 0.307 e. The molecule has 0 aliphatic carbocycles. The van der Waals surface area contributed by atoms with Crippen LogP contribution in [0.2, 0.25) is 0 Å². The van der Waals surface area contributed by atoms with Gasteiger partial charge < -0.3 is 5.11 Å². The number of hydrogen-bond acceptors (Lipinski definition) is 4. The van der Waals surface area contributed by atoms with Gasteiger partial charge in [-0.25, -0.2) is 8.42 Å². The molecule has 2 aromatic heterocycles. The van der Waals surface area contributed by atoms with Crippen LogP contribution in [0.1, 0.15) is 18.1 Å². The van der Waals surface area contributed by atoms with Crippen molar-refractivity contribution in [2.75, 3.05) is 5.75 Å². The van der Waals surface area contributed by atoms with Crippen molar-refractivity contribution in [2.24, 2.45) is 0 Å². The van der Waals surface area contributed by atoms with Crippen LogP contribution >= 0.6 is 11.8 Å². The Hall–Kier alpha value is -2.32. The van der Waals surface area contributed by atoms with Crippen LogP contribution in [-0.2, 0) is 21.1 Å². The minimum Gasteiger partial charge on any atom is -0.481 e. The molecule has 0 bridgehead atoms. The second-order valence-electron chi connectivity index (χ2n) is 6.03. The standard InChI is InChI=1S/C19H18FNO4S2/c1-3-27(24,25)14-9-7-13(8-10-14)26-19-12(2)15(11-18(22)23)16-5-4-6-17(20)21(16)19/h4-10H,3,11H2,1-2H3,(H,22,23). The summed E-state index contributed by atoms with van der Waals surface area (Å²) >= 11 is 1.27. The second kappa shape index (κ2) is 7.36. The summed E-state index contributed by atoms with van der Waals surface area (Å²) in [5.41, 5.74) is 1.77. The molecule has 3 aromatic rings. The number of pyridine rings is 1. The van der Waals surface area contributed by atoms with Crippen molar-refractivity contribution < 1.29 is 22.7 Å². The van der Waals surface area contributed by atoms with Crippen LogP contribution in [0.5, 0.6) is 0 Å². The van der Waals surface area contributed by atoms with Crippen LogP contribution in [0, 0.1) is 12.9 Å². The summed E-state index contributed by atoms with van der Waals surface area (Å²) in [5, 5.41) is 9.76. The van der Waals surface area contributed by atoms with Gasteiger partial charge in [-0.2, -0.15) is 4.39 Å². The van der Waals surface area contributed by atoms with Gasteiger partial charge in [0.05, 0.1) is 27.6 Å². The maximum atomic E-state index is 14.5. The molecule has 0 saturated heterocycles. The topological polar surface area (TPSA) is 75.8 Å². The number of aromatic nitrogens is 1. The van der Waals surface area contributed by atoms with E-state index in [1.807, 2.05) is 0 Å². The number of carboxylic acid groups (broad SMARTS) is 1. The Morgan fingerprint density at radius 2 is 1.85 bits per heavy atom. The first kappa shape index (κ1) is 19.4. The summed E-state index contributed by atoms with van der Waals surface area (Å²) in [7, 11) is -3.29. The van der Waals surface area contributed by atoms with E-state index in [2.05, 4.69) is 0 Å². The van der Waals surface area contributed by atoms with Crippen LogP contribution in [0.15, 0.2) is 57.3 Å². The summed E-state index contributed by atoms with van der Waals surface area (Å²) in [5.74, 6) is -1.45. The van der Waals surface area contributed by atoms with Gasteiger partial charge in [0, 0.05) is 4.90 Å². The first-order valence-electron chi connectivity index (χ1n) is 8.25. The quantitative estimate of drug-likeness (QED) is 0.626. The molecule has 1 aromatic carbocycles. The number of nitrogens with zero attached hydrogens (tertiary/aromatic N) is 1. The molecule has 0 atom stereocenters. The van der Waals surface area contributed by atoms with Crippen molar-refractivity contribution in [2.45, 2.75) is 35.1 Å². The number of hydrogen-bond donors (Lipinski definition) is 1. The molecule has 0 unspecified atom stereocenters. The molecule has 0 amide bonds.